The number of nitrogens with zero attached hydrogens (tertiary/aromatic N) is 2. The molecule has 1 aliphatic heterocycles. The van der Waals surface area contributed by atoms with Crippen LogP contribution in [0.3, 0.4) is 0 Å². The van der Waals surface area contributed by atoms with Gasteiger partial charge in [0.2, 0.25) is 5.91 Å². The summed E-state index contributed by atoms with van der Waals surface area (Å²) < 4.78 is 5.15. The van der Waals surface area contributed by atoms with E-state index < -0.39 is 5.92 Å². The van der Waals surface area contributed by atoms with E-state index in [9.17, 15) is 4.79 Å². The number of para-hydroxylation sites is 1. The van der Waals surface area contributed by atoms with E-state index in [2.05, 4.69) is 10.4 Å². The molecule has 0 aliphatic carbocycles. The normalized spacial score (nSPS) is 16.5. The molecular weight excluding hydrogens is 304 g/mol. The van der Waals surface area contributed by atoms with Crippen LogP contribution < -0.4 is 20.8 Å². The standard InChI is InChI=1S/C18H18N4O2/c1-24-15-9-5-6-13(12-15)20-18(23)16-10-11-22(21-17(16)19)14-7-3-2-4-8-14/h2-12,16H,1H3,(H2,19,21)(H,20,23). The summed E-state index contributed by atoms with van der Waals surface area (Å²) in [6, 6.07) is 16.7. The quantitative estimate of drug-likeness (QED) is 0.906. The van der Waals surface area contributed by atoms with Crippen LogP contribution in [0, 0.1) is 5.92 Å². The van der Waals surface area contributed by atoms with Gasteiger partial charge >= 0.3 is 0 Å². The van der Waals surface area contributed by atoms with Crippen LogP contribution in [-0.4, -0.2) is 18.9 Å². The molecule has 3 rings (SSSR count). The molecule has 2 aromatic rings. The molecule has 0 fully saturated rings. The number of anilines is 2. The van der Waals surface area contributed by atoms with Gasteiger partial charge in [0.1, 0.15) is 17.5 Å². The number of nitrogens with one attached hydrogen (secondary N) is 1. The van der Waals surface area contributed by atoms with E-state index >= 15 is 0 Å². The fourth-order valence-corrected chi connectivity index (χ4v) is 2.35. The maximum Gasteiger partial charge on any atom is 0.239 e. The van der Waals surface area contributed by atoms with Crippen molar-refractivity contribution in [1.29, 1.82) is 0 Å². The highest BCUT2D eigenvalue weighted by Gasteiger charge is 2.24. The summed E-state index contributed by atoms with van der Waals surface area (Å²) in [5.41, 5.74) is 7.51. The average Bonchev–Trinajstić information content (AvgIpc) is 2.62. The van der Waals surface area contributed by atoms with Gasteiger partial charge in [-0.15, -0.1) is 0 Å². The largest absolute Gasteiger partial charge is 0.497 e. The Balaban J connectivity index is 1.72. The molecule has 3 N–H and O–H groups in total. The first-order valence-corrected chi connectivity index (χ1v) is 7.49. The number of carbonyl (C=O) groups excluding carboxylic acids is 1. The third-order valence-corrected chi connectivity index (χ3v) is 3.60. The van der Waals surface area contributed by atoms with Crippen LogP contribution in [0.15, 0.2) is 72.0 Å². The van der Waals surface area contributed by atoms with E-state index in [1.165, 1.54) is 0 Å². The fraction of sp³-hybridized carbons (Fsp3) is 0.111. The second kappa shape index (κ2) is 6.87. The van der Waals surface area contributed by atoms with Gasteiger partial charge < -0.3 is 15.8 Å². The molecule has 0 saturated heterocycles. The molecule has 6 nitrogen and oxygen atoms in total. The summed E-state index contributed by atoms with van der Waals surface area (Å²) in [6.45, 7) is 0. The Kier molecular flexibility index (Phi) is 4.47. The van der Waals surface area contributed by atoms with E-state index in [1.54, 1.807) is 42.6 Å². The monoisotopic (exact) mass is 322 g/mol. The van der Waals surface area contributed by atoms with Crippen LogP contribution in [-0.2, 0) is 4.79 Å². The lowest BCUT2D eigenvalue weighted by Gasteiger charge is -2.23. The molecule has 0 radical (unpaired) electrons. The van der Waals surface area contributed by atoms with E-state index in [0.29, 0.717) is 11.4 Å². The molecule has 0 aromatic heterocycles. The lowest BCUT2D eigenvalue weighted by molar-refractivity contribution is -0.117. The van der Waals surface area contributed by atoms with Crippen molar-refractivity contribution in [3.63, 3.8) is 0 Å². The molecule has 1 aliphatic rings. The number of carbonyl (C=O) groups is 1. The maximum absolute atomic E-state index is 12.4. The molecule has 0 spiro atoms. The van der Waals surface area contributed by atoms with Crippen LogP contribution in [0.4, 0.5) is 11.4 Å². The Morgan fingerprint density at radius 1 is 1.21 bits per heavy atom. The SMILES string of the molecule is COc1cccc(NC(=O)C2C=CN(c3ccccc3)N=C2N)c1. The summed E-state index contributed by atoms with van der Waals surface area (Å²) in [5.74, 6) is 0.0512. The Bertz CT molecular complexity index is 787. The Morgan fingerprint density at radius 2 is 2.00 bits per heavy atom. The Labute approximate surface area is 140 Å². The van der Waals surface area contributed by atoms with Crippen LogP contribution in [0.1, 0.15) is 0 Å². The molecular formula is C18H18N4O2. The highest BCUT2D eigenvalue weighted by atomic mass is 16.5. The summed E-state index contributed by atoms with van der Waals surface area (Å²) >= 11 is 0. The van der Waals surface area contributed by atoms with Crippen molar-refractivity contribution >= 4 is 23.1 Å². The van der Waals surface area contributed by atoms with Gasteiger partial charge in [-0.3, -0.25) is 4.79 Å². The van der Waals surface area contributed by atoms with Gasteiger partial charge in [0.25, 0.3) is 0 Å². The minimum absolute atomic E-state index is 0.238. The molecule has 1 amide bonds. The summed E-state index contributed by atoms with van der Waals surface area (Å²) in [7, 11) is 1.58. The summed E-state index contributed by atoms with van der Waals surface area (Å²) in [4.78, 5) is 12.4. The van der Waals surface area contributed by atoms with Gasteiger partial charge in [-0.25, -0.2) is 5.01 Å². The molecule has 1 atom stereocenters. The van der Waals surface area contributed by atoms with Crippen molar-refractivity contribution in [1.82, 2.24) is 0 Å². The van der Waals surface area contributed by atoms with E-state index in [0.717, 1.165) is 5.69 Å². The third-order valence-electron chi connectivity index (χ3n) is 3.60. The molecule has 0 bridgehead atoms. The predicted molar refractivity (Wildman–Crippen MR) is 94.8 cm³/mol. The van der Waals surface area contributed by atoms with Crippen molar-refractivity contribution in [2.75, 3.05) is 17.4 Å². The number of hydrazone groups is 1. The molecule has 1 heterocycles. The third kappa shape index (κ3) is 3.38. The average molecular weight is 322 g/mol. The topological polar surface area (TPSA) is 80.0 Å². The van der Waals surface area contributed by atoms with Crippen LogP contribution in [0.2, 0.25) is 0 Å². The Hall–Kier alpha value is -3.28. The van der Waals surface area contributed by atoms with Gasteiger partial charge in [-0.1, -0.05) is 24.3 Å². The number of rotatable bonds is 4. The van der Waals surface area contributed by atoms with Crippen molar-refractivity contribution in [3.05, 3.63) is 66.9 Å². The molecule has 24 heavy (non-hydrogen) atoms. The van der Waals surface area contributed by atoms with E-state index in [4.69, 9.17) is 10.5 Å². The number of ether oxygens (including phenoxy) is 1. The van der Waals surface area contributed by atoms with Crippen molar-refractivity contribution in [2.24, 2.45) is 16.8 Å². The zero-order valence-corrected chi connectivity index (χ0v) is 13.2. The summed E-state index contributed by atoms with van der Waals surface area (Å²) in [6.07, 6.45) is 3.46. The number of amidine groups is 1. The summed E-state index contributed by atoms with van der Waals surface area (Å²) in [5, 5.41) is 8.75. The highest BCUT2D eigenvalue weighted by Crippen LogP contribution is 2.21. The van der Waals surface area contributed by atoms with Gasteiger partial charge in [0.15, 0.2) is 0 Å². The Morgan fingerprint density at radius 3 is 2.71 bits per heavy atom. The molecule has 6 heteroatoms. The van der Waals surface area contributed by atoms with Crippen molar-refractivity contribution < 1.29 is 9.53 Å². The first-order chi connectivity index (χ1) is 11.7. The molecule has 1 unspecified atom stereocenters. The number of nitrogens with two attached hydrogens (primary N) is 1. The smallest absolute Gasteiger partial charge is 0.239 e. The van der Waals surface area contributed by atoms with Crippen LogP contribution in [0.25, 0.3) is 0 Å². The maximum atomic E-state index is 12.4. The van der Waals surface area contributed by atoms with Gasteiger partial charge in [0.05, 0.1) is 12.8 Å². The van der Waals surface area contributed by atoms with Gasteiger partial charge in [0, 0.05) is 18.0 Å². The first kappa shape index (κ1) is 15.6. The second-order valence-corrected chi connectivity index (χ2v) is 5.25. The predicted octanol–water partition coefficient (Wildman–Crippen LogP) is 2.56. The number of amides is 1. The lowest BCUT2D eigenvalue weighted by Crippen LogP contribution is -2.37. The number of benzene rings is 2. The lowest BCUT2D eigenvalue weighted by atomic mass is 10.1. The minimum atomic E-state index is -0.615. The number of hydrogen-bond acceptors (Lipinski definition) is 5. The fourth-order valence-electron chi connectivity index (χ4n) is 2.35. The van der Waals surface area contributed by atoms with E-state index in [1.807, 2.05) is 36.4 Å². The minimum Gasteiger partial charge on any atom is -0.497 e. The molecule has 0 saturated carbocycles. The van der Waals surface area contributed by atoms with Crippen molar-refractivity contribution in [2.45, 2.75) is 0 Å². The van der Waals surface area contributed by atoms with Gasteiger partial charge in [-0.2, -0.15) is 5.10 Å². The zero-order chi connectivity index (χ0) is 16.9. The number of hydrogen-bond donors (Lipinski definition) is 2. The molecule has 2 aromatic carbocycles. The molecule has 122 valence electrons. The number of methoxy groups -OCH3 is 1. The van der Waals surface area contributed by atoms with E-state index in [-0.39, 0.29) is 11.7 Å². The van der Waals surface area contributed by atoms with Crippen LogP contribution >= 0.6 is 0 Å². The highest BCUT2D eigenvalue weighted by molar-refractivity contribution is 6.10. The van der Waals surface area contributed by atoms with Gasteiger partial charge in [-0.05, 0) is 30.3 Å². The second-order valence-electron chi connectivity index (χ2n) is 5.25. The van der Waals surface area contributed by atoms with Crippen LogP contribution in [0.5, 0.6) is 5.75 Å². The first-order valence-electron chi connectivity index (χ1n) is 7.49. The van der Waals surface area contributed by atoms with Crippen molar-refractivity contribution in [3.8, 4) is 5.75 Å². The zero-order valence-electron chi connectivity index (χ0n) is 13.2.